The van der Waals surface area contributed by atoms with E-state index in [0.717, 1.165) is 0 Å². The van der Waals surface area contributed by atoms with Gasteiger partial charge in [-0.1, -0.05) is 6.61 Å². The Labute approximate surface area is 104 Å². The van der Waals surface area contributed by atoms with Gasteiger partial charge in [0.1, 0.15) is 0 Å². The molecule has 2 amide bonds. The molecule has 15 heavy (non-hydrogen) atoms. The first-order valence-corrected chi connectivity index (χ1v) is 4.55. The van der Waals surface area contributed by atoms with Gasteiger partial charge in [-0.3, -0.25) is 9.59 Å². The summed E-state index contributed by atoms with van der Waals surface area (Å²) in [6, 6.07) is 0. The first-order valence-electron chi connectivity index (χ1n) is 4.55. The van der Waals surface area contributed by atoms with Crippen LogP contribution < -0.4 is 10.6 Å². The van der Waals surface area contributed by atoms with Crippen LogP contribution in [0.25, 0.3) is 0 Å². The molecule has 0 bridgehead atoms. The maximum atomic E-state index is 11.1. The molecule has 0 heterocycles. The number of hydrogen-bond donors (Lipinski definition) is 2. The van der Waals surface area contributed by atoms with Crippen molar-refractivity contribution in [3.8, 4) is 0 Å². The molecule has 0 aromatic carbocycles. The van der Waals surface area contributed by atoms with Crippen molar-refractivity contribution < 1.29 is 34.3 Å². The predicted octanol–water partition coefficient (Wildman–Crippen LogP) is -0.277. The van der Waals surface area contributed by atoms with Gasteiger partial charge in [0, 0.05) is 46.4 Å². The van der Waals surface area contributed by atoms with Crippen molar-refractivity contribution in [1.82, 2.24) is 10.6 Å². The number of hydrogen-bond acceptors (Lipinski definition) is 3. The van der Waals surface area contributed by atoms with Crippen LogP contribution in [0.1, 0.15) is 14.3 Å². The summed E-state index contributed by atoms with van der Waals surface area (Å²) >= 11 is 0. The second-order valence-electron chi connectivity index (χ2n) is 2.64. The van der Waals surface area contributed by atoms with Crippen molar-refractivity contribution >= 4 is 11.8 Å². The Hall–Kier alpha value is -0.516. The molecule has 1 radical (unpaired) electrons. The molecule has 2 N–H and O–H groups in total. The Bertz CT molecular complexity index is 194. The van der Waals surface area contributed by atoms with E-state index in [1.165, 1.54) is 0 Å². The molecule has 0 atom stereocenters. The van der Waals surface area contributed by atoms with Crippen LogP contribution in [0.5, 0.6) is 0 Å². The number of ether oxygens (including phenoxy) is 1. The quantitative estimate of drug-likeness (QED) is 0.485. The summed E-state index contributed by atoms with van der Waals surface area (Å²) in [4.78, 5) is 21.8. The Morgan fingerprint density at radius 3 is 2.47 bits per heavy atom. The van der Waals surface area contributed by atoms with E-state index < -0.39 is 0 Å². The first-order chi connectivity index (χ1) is 6.70. The maximum Gasteiger partial charge on any atom is 0.220 e. The average molecular weight is 254 g/mol. The van der Waals surface area contributed by atoms with E-state index in [-0.39, 0.29) is 44.6 Å². The maximum absolute atomic E-state index is 11.1. The summed E-state index contributed by atoms with van der Waals surface area (Å²) in [5.74, 6) is -0.268. The fourth-order valence-electron chi connectivity index (χ4n) is 0.805. The first kappa shape index (κ1) is 16.9. The Balaban J connectivity index is -0.000000845. The Kier molecular flexibility index (Phi) is 13.0. The third kappa shape index (κ3) is 11.4. The molecule has 0 aromatic heterocycles. The molecule has 0 unspecified atom stereocenters. The van der Waals surface area contributed by atoms with E-state index in [2.05, 4.69) is 17.6 Å². The van der Waals surface area contributed by atoms with Crippen molar-refractivity contribution in [1.29, 1.82) is 0 Å². The minimum Gasteiger partial charge on any atom is -0.412 e. The average Bonchev–Trinajstić information content (AvgIpc) is 2.21. The van der Waals surface area contributed by atoms with Gasteiger partial charge < -0.3 is 22.3 Å². The smallest absolute Gasteiger partial charge is 0.220 e. The molecule has 0 saturated heterocycles. The van der Waals surface area contributed by atoms with Crippen LogP contribution >= 0.6 is 0 Å². The molecule has 0 aromatic rings. The summed E-state index contributed by atoms with van der Waals surface area (Å²) in [5.41, 5.74) is 0. The zero-order valence-corrected chi connectivity index (χ0v) is 10.3. The van der Waals surface area contributed by atoms with Gasteiger partial charge >= 0.3 is 0 Å². The zero-order valence-electron chi connectivity index (χ0n) is 8.91. The van der Waals surface area contributed by atoms with Gasteiger partial charge in [0.05, 0.1) is 6.61 Å². The molecule has 6 heteroatoms. The van der Waals surface area contributed by atoms with Crippen LogP contribution in [0.3, 0.4) is 0 Å². The van der Waals surface area contributed by atoms with E-state index >= 15 is 0 Å². The zero-order chi connectivity index (χ0) is 10.8. The summed E-state index contributed by atoms with van der Waals surface area (Å²) in [5, 5.41) is 5.07. The van der Waals surface area contributed by atoms with E-state index in [1.54, 1.807) is 7.05 Å². The minimum atomic E-state index is -0.138. The summed E-state index contributed by atoms with van der Waals surface area (Å²) in [6.07, 6.45) is 0.433. The monoisotopic (exact) mass is 254 g/mol. The predicted molar refractivity (Wildman–Crippen MR) is 54.6 cm³/mol. The van der Waals surface area contributed by atoms with Crippen molar-refractivity contribution in [2.45, 2.75) is 12.8 Å². The number of amides is 2. The molecule has 5 nitrogen and oxygen atoms in total. The van der Waals surface area contributed by atoms with Crippen LogP contribution in [0.15, 0.2) is 0 Å². The Morgan fingerprint density at radius 2 is 1.93 bits per heavy atom. The summed E-state index contributed by atoms with van der Waals surface area (Å²) < 4.78 is 4.93. The van der Waals surface area contributed by atoms with Gasteiger partial charge in [0.15, 0.2) is 0 Å². The number of carbonyl (C=O) groups is 2. The number of nitrogens with one attached hydrogen (secondary N) is 2. The van der Waals surface area contributed by atoms with E-state index in [4.69, 9.17) is 4.74 Å². The van der Waals surface area contributed by atoms with Gasteiger partial charge in [0.2, 0.25) is 11.8 Å². The van der Waals surface area contributed by atoms with Gasteiger partial charge in [-0.2, -0.15) is 0 Å². The largest absolute Gasteiger partial charge is 0.412 e. The number of rotatable bonds is 7. The van der Waals surface area contributed by atoms with Crippen LogP contribution in [-0.2, 0) is 32.9 Å². The van der Waals surface area contributed by atoms with Gasteiger partial charge in [0.25, 0.3) is 0 Å². The second kappa shape index (κ2) is 11.6. The summed E-state index contributed by atoms with van der Waals surface area (Å²) in [6.45, 7) is 4.80. The standard InChI is InChI=1S/C9H17N2O3.V.H2/c1-3-14-7-6-11-9(13)5-4-8(12)10-2;;/h1,3-7H2,2H3,(H,10,12)(H,11,13);;1H/q-1;;. The van der Waals surface area contributed by atoms with E-state index in [0.29, 0.717) is 19.8 Å². The van der Waals surface area contributed by atoms with Crippen LogP contribution in [0, 0.1) is 6.92 Å². The Morgan fingerprint density at radius 1 is 1.33 bits per heavy atom. The van der Waals surface area contributed by atoms with Crippen LogP contribution in [-0.4, -0.2) is 38.6 Å². The normalized spacial score (nSPS) is 8.93. The van der Waals surface area contributed by atoms with Gasteiger partial charge in [-0.15, -0.1) is 0 Å². The van der Waals surface area contributed by atoms with Gasteiger partial charge in [-0.05, 0) is 0 Å². The molecule has 0 fully saturated rings. The van der Waals surface area contributed by atoms with Crippen molar-refractivity contribution in [2.24, 2.45) is 0 Å². The van der Waals surface area contributed by atoms with Crippen molar-refractivity contribution in [2.75, 3.05) is 26.8 Å². The molecule has 0 aliphatic carbocycles. The molecule has 0 rings (SSSR count). The minimum absolute atomic E-state index is 0. The van der Waals surface area contributed by atoms with E-state index in [9.17, 15) is 9.59 Å². The third-order valence-corrected chi connectivity index (χ3v) is 1.57. The van der Waals surface area contributed by atoms with Crippen LogP contribution in [0.4, 0.5) is 0 Å². The fourth-order valence-corrected chi connectivity index (χ4v) is 0.805. The number of carbonyl (C=O) groups excluding carboxylic acids is 2. The van der Waals surface area contributed by atoms with Crippen LogP contribution in [0.2, 0.25) is 0 Å². The molecule has 0 saturated carbocycles. The SMILES string of the molecule is [CH2-]COCCNC(=O)CCC(=O)NC.[HH].[V]. The molecule has 0 aliphatic rings. The topological polar surface area (TPSA) is 67.4 Å². The fraction of sp³-hybridized carbons (Fsp3) is 0.667. The molecular formula is C9H19N2O3V-. The van der Waals surface area contributed by atoms with E-state index in [1.807, 2.05) is 0 Å². The molecule has 0 spiro atoms. The second-order valence-corrected chi connectivity index (χ2v) is 2.64. The summed E-state index contributed by atoms with van der Waals surface area (Å²) in [7, 11) is 1.54. The van der Waals surface area contributed by atoms with Gasteiger partial charge in [-0.25, -0.2) is 0 Å². The molecule has 89 valence electrons. The molecular weight excluding hydrogens is 235 g/mol. The van der Waals surface area contributed by atoms with Crippen molar-refractivity contribution in [3.05, 3.63) is 6.92 Å². The van der Waals surface area contributed by atoms with Crippen molar-refractivity contribution in [3.63, 3.8) is 0 Å². The molecule has 0 aliphatic heterocycles. The third-order valence-electron chi connectivity index (χ3n) is 1.57.